The molecule has 0 aliphatic rings. The smallest absolute Gasteiger partial charge is 0.158 e. The molecule has 0 radical (unpaired) electrons. The van der Waals surface area contributed by atoms with Gasteiger partial charge in [0.25, 0.3) is 0 Å². The van der Waals surface area contributed by atoms with Gasteiger partial charge < -0.3 is 8.68 Å². The van der Waals surface area contributed by atoms with E-state index in [2.05, 4.69) is 124 Å². The van der Waals surface area contributed by atoms with E-state index in [9.17, 15) is 0 Å². The summed E-state index contributed by atoms with van der Waals surface area (Å²) in [7, 11) is -6.25. The minimum atomic E-state index is -1.59. The van der Waals surface area contributed by atoms with Gasteiger partial charge in [-0.2, -0.15) is 5.10 Å². The quantitative estimate of drug-likeness (QED) is 0.215. The molecule has 0 unspecified atom stereocenters. The highest BCUT2D eigenvalue weighted by Gasteiger charge is 2.35. The van der Waals surface area contributed by atoms with Crippen LogP contribution in [0.4, 0.5) is 0 Å². The predicted molar refractivity (Wildman–Crippen MR) is 148 cm³/mol. The number of rotatable bonds is 9. The van der Waals surface area contributed by atoms with Crippen LogP contribution in [-0.2, 0) is 0 Å². The first-order valence-electron chi connectivity index (χ1n) is 11.1. The summed E-state index contributed by atoms with van der Waals surface area (Å²) in [6.07, 6.45) is 0.793. The molecular formula is C22H46N4Si4. The Morgan fingerprint density at radius 1 is 0.633 bits per heavy atom. The van der Waals surface area contributed by atoms with Crippen LogP contribution in [0.3, 0.4) is 0 Å². The van der Waals surface area contributed by atoms with E-state index < -0.39 is 32.9 Å². The third-order valence-electron chi connectivity index (χ3n) is 4.56. The van der Waals surface area contributed by atoms with Crippen molar-refractivity contribution in [2.24, 2.45) is 10.2 Å². The molecule has 30 heavy (non-hydrogen) atoms. The molecule has 0 amide bonds. The lowest BCUT2D eigenvalue weighted by Crippen LogP contribution is -2.56. The highest BCUT2D eigenvalue weighted by Crippen LogP contribution is 2.23. The lowest BCUT2D eigenvalue weighted by Gasteiger charge is -2.42. The Kier molecular flexibility index (Phi) is 8.72. The van der Waals surface area contributed by atoms with E-state index in [4.69, 9.17) is 10.2 Å². The van der Waals surface area contributed by atoms with Crippen LogP contribution in [0.15, 0.2) is 40.5 Å². The Hall–Kier alpha value is -0.972. The summed E-state index contributed by atoms with van der Waals surface area (Å²) < 4.78 is 5.02. The summed E-state index contributed by atoms with van der Waals surface area (Å²) in [6, 6.07) is 10.7. The molecule has 0 spiro atoms. The predicted octanol–water partition coefficient (Wildman–Crippen LogP) is 7.10. The van der Waals surface area contributed by atoms with Gasteiger partial charge in [0.05, 0.1) is 5.71 Å². The van der Waals surface area contributed by atoms with Gasteiger partial charge >= 0.3 is 0 Å². The molecule has 1 rings (SSSR count). The first kappa shape index (κ1) is 27.1. The average Bonchev–Trinajstić information content (AvgIpc) is 2.52. The van der Waals surface area contributed by atoms with Gasteiger partial charge in [-0.25, -0.2) is 5.10 Å². The van der Waals surface area contributed by atoms with Gasteiger partial charge in [-0.3, -0.25) is 0 Å². The second-order valence-electron chi connectivity index (χ2n) is 12.2. The first-order chi connectivity index (χ1) is 13.3. The van der Waals surface area contributed by atoms with Crippen molar-refractivity contribution in [3.8, 4) is 0 Å². The van der Waals surface area contributed by atoms with Crippen molar-refractivity contribution >= 4 is 44.4 Å². The highest BCUT2D eigenvalue weighted by atomic mass is 28.4. The van der Waals surface area contributed by atoms with Crippen molar-refractivity contribution in [2.75, 3.05) is 0 Å². The molecule has 0 aliphatic heterocycles. The monoisotopic (exact) mass is 478 g/mol. The van der Waals surface area contributed by atoms with Gasteiger partial charge in [0.2, 0.25) is 0 Å². The Bertz CT molecular complexity index is 721. The van der Waals surface area contributed by atoms with Gasteiger partial charge in [-0.05, 0) is 12.5 Å². The Morgan fingerprint density at radius 2 is 1.00 bits per heavy atom. The summed E-state index contributed by atoms with van der Waals surface area (Å²) in [5.41, 5.74) is 3.52. The molecule has 0 N–H and O–H groups in total. The lowest BCUT2D eigenvalue weighted by molar-refractivity contribution is 0.659. The Morgan fingerprint density at radius 3 is 1.37 bits per heavy atom. The molecule has 1 aromatic rings. The van der Waals surface area contributed by atoms with E-state index in [-0.39, 0.29) is 0 Å². The molecule has 0 saturated carbocycles. The molecule has 0 aliphatic carbocycles. The number of hydrogen-bond acceptors (Lipinski definition) is 4. The van der Waals surface area contributed by atoms with Crippen LogP contribution in [0.5, 0.6) is 0 Å². The van der Waals surface area contributed by atoms with Crippen LogP contribution in [0.2, 0.25) is 78.6 Å². The van der Waals surface area contributed by atoms with E-state index >= 15 is 0 Å². The number of hydrogen-bond donors (Lipinski definition) is 0. The molecule has 0 saturated heterocycles. The maximum absolute atomic E-state index is 5.36. The van der Waals surface area contributed by atoms with Crippen molar-refractivity contribution in [1.29, 1.82) is 0 Å². The number of hydrazone groups is 2. The molecule has 1 aromatic carbocycles. The first-order valence-corrected chi connectivity index (χ1v) is 24.9. The van der Waals surface area contributed by atoms with Crippen molar-refractivity contribution in [1.82, 2.24) is 8.68 Å². The number of nitrogens with zero attached hydrogens (tertiary/aromatic N) is 4. The van der Waals surface area contributed by atoms with Gasteiger partial charge in [-0.15, -0.1) is 0 Å². The molecular weight excluding hydrogens is 433 g/mol. The molecule has 170 valence electrons. The summed E-state index contributed by atoms with van der Waals surface area (Å²) in [5, 5.41) is 10.6. The van der Waals surface area contributed by atoms with Gasteiger partial charge in [-0.1, -0.05) is 109 Å². The largest absolute Gasteiger partial charge is 0.350 e. The summed E-state index contributed by atoms with van der Waals surface area (Å²) >= 11 is 0. The topological polar surface area (TPSA) is 31.2 Å². The van der Waals surface area contributed by atoms with Crippen LogP contribution in [-0.4, -0.2) is 53.0 Å². The van der Waals surface area contributed by atoms with Crippen LogP contribution in [0, 0.1) is 0 Å². The van der Waals surface area contributed by atoms with Gasteiger partial charge in [0.1, 0.15) is 0 Å². The van der Waals surface area contributed by atoms with Crippen molar-refractivity contribution in [2.45, 2.75) is 91.9 Å². The molecule has 0 aromatic heterocycles. The zero-order valence-corrected chi connectivity index (χ0v) is 25.9. The normalized spacial score (nSPS) is 14.7. The van der Waals surface area contributed by atoms with Crippen molar-refractivity contribution < 1.29 is 0 Å². The second-order valence-corrected chi connectivity index (χ2v) is 32.2. The van der Waals surface area contributed by atoms with Crippen LogP contribution in [0.25, 0.3) is 0 Å². The van der Waals surface area contributed by atoms with Crippen molar-refractivity contribution in [3.63, 3.8) is 0 Å². The third kappa shape index (κ3) is 8.28. The van der Waals surface area contributed by atoms with E-state index in [0.29, 0.717) is 0 Å². The summed E-state index contributed by atoms with van der Waals surface area (Å²) in [4.78, 5) is 0. The highest BCUT2D eigenvalue weighted by molar-refractivity contribution is 6.90. The number of benzene rings is 1. The standard InChI is InChI=1S/C22H46N4Si4/c1-20(23-25(27(2,3)4)28(5,6)7)19-22(21-17-15-14-16-18-21)24-26(29(8,9)10)30(11,12)13/h14-18H,19H2,1-13H3/b23-20+,24-22+. The molecule has 0 atom stereocenters. The van der Waals surface area contributed by atoms with E-state index in [0.717, 1.165) is 17.8 Å². The zero-order valence-electron chi connectivity index (χ0n) is 21.9. The van der Waals surface area contributed by atoms with E-state index in [1.807, 2.05) is 0 Å². The van der Waals surface area contributed by atoms with Crippen molar-refractivity contribution in [3.05, 3.63) is 35.9 Å². The fourth-order valence-corrected chi connectivity index (χ4v) is 21.9. The molecule has 4 nitrogen and oxygen atoms in total. The minimum absolute atomic E-state index is 0.793. The maximum atomic E-state index is 5.36. The van der Waals surface area contributed by atoms with Crippen LogP contribution in [0.1, 0.15) is 18.9 Å². The Labute approximate surface area is 190 Å². The average molecular weight is 479 g/mol. The van der Waals surface area contributed by atoms with Crippen LogP contribution < -0.4 is 0 Å². The molecule has 0 fully saturated rings. The summed E-state index contributed by atoms with van der Waals surface area (Å²) in [5.74, 6) is 0. The molecule has 0 heterocycles. The minimum Gasteiger partial charge on any atom is -0.350 e. The van der Waals surface area contributed by atoms with Gasteiger partial charge in [0.15, 0.2) is 32.9 Å². The van der Waals surface area contributed by atoms with Crippen LogP contribution >= 0.6 is 0 Å². The van der Waals surface area contributed by atoms with E-state index in [1.54, 1.807) is 0 Å². The lowest BCUT2D eigenvalue weighted by atomic mass is 10.1. The molecule has 8 heteroatoms. The third-order valence-corrected chi connectivity index (χ3v) is 18.1. The second kappa shape index (κ2) is 9.66. The van der Waals surface area contributed by atoms with Gasteiger partial charge in [0, 0.05) is 12.1 Å². The molecule has 0 bridgehead atoms. The van der Waals surface area contributed by atoms with E-state index in [1.165, 1.54) is 5.56 Å². The summed E-state index contributed by atoms with van der Waals surface area (Å²) in [6.45, 7) is 30.9. The Balaban J connectivity index is 3.48. The fraction of sp³-hybridized carbons (Fsp3) is 0.636. The SMILES string of the molecule is C/C(C/C(=N\N([Si](C)(C)C)[Si](C)(C)C)c1ccccc1)=N\N([Si](C)(C)C)[Si](C)(C)C. The fourth-order valence-electron chi connectivity index (χ4n) is 4.01. The maximum Gasteiger partial charge on any atom is 0.158 e. The zero-order chi connectivity index (χ0) is 23.5.